The summed E-state index contributed by atoms with van der Waals surface area (Å²) in [5.41, 5.74) is 0. The summed E-state index contributed by atoms with van der Waals surface area (Å²) in [4.78, 5) is 12.5. The fourth-order valence-electron chi connectivity index (χ4n) is 9.90. The maximum Gasteiger partial charge on any atom is 0.220 e. The van der Waals surface area contributed by atoms with Gasteiger partial charge in [0.2, 0.25) is 5.91 Å². The molecule has 68 heavy (non-hydrogen) atoms. The molecule has 4 heteroatoms. The van der Waals surface area contributed by atoms with Gasteiger partial charge in [0.25, 0.3) is 0 Å². The summed E-state index contributed by atoms with van der Waals surface area (Å²) in [5.74, 6) is -0.0257. The molecule has 0 radical (unpaired) electrons. The van der Waals surface area contributed by atoms with E-state index >= 15 is 0 Å². The minimum atomic E-state index is -0.660. The highest BCUT2D eigenvalue weighted by Crippen LogP contribution is 2.18. The largest absolute Gasteiger partial charge is 0.394 e. The van der Waals surface area contributed by atoms with Crippen LogP contribution < -0.4 is 5.32 Å². The second-order valence-corrected chi connectivity index (χ2v) is 21.5. The number of amides is 1. The van der Waals surface area contributed by atoms with E-state index in [1.807, 2.05) is 0 Å². The number of aliphatic hydroxyl groups excluding tert-OH is 2. The quantitative estimate of drug-likeness (QED) is 0.0420. The highest BCUT2D eigenvalue weighted by Gasteiger charge is 2.20. The molecule has 2 atom stereocenters. The van der Waals surface area contributed by atoms with Crippen molar-refractivity contribution in [3.05, 3.63) is 36.5 Å². The van der Waals surface area contributed by atoms with Gasteiger partial charge in [0.15, 0.2) is 0 Å². The number of unbranched alkanes of at least 4 members (excludes halogenated alkanes) is 45. The third kappa shape index (κ3) is 55.5. The summed E-state index contributed by atoms with van der Waals surface area (Å²) in [7, 11) is 0. The number of allylic oxidation sites excluding steroid dienone is 6. The van der Waals surface area contributed by atoms with Gasteiger partial charge in [-0.1, -0.05) is 326 Å². The van der Waals surface area contributed by atoms with Crippen molar-refractivity contribution in [3.63, 3.8) is 0 Å². The van der Waals surface area contributed by atoms with E-state index in [4.69, 9.17) is 0 Å². The second-order valence-electron chi connectivity index (χ2n) is 21.5. The first kappa shape index (κ1) is 66.6. The molecule has 1 amide bonds. The van der Waals surface area contributed by atoms with Gasteiger partial charge in [-0.05, 0) is 51.4 Å². The molecule has 0 aliphatic carbocycles. The fourth-order valence-corrected chi connectivity index (χ4v) is 9.90. The predicted molar refractivity (Wildman–Crippen MR) is 304 cm³/mol. The third-order valence-electron chi connectivity index (χ3n) is 14.7. The van der Waals surface area contributed by atoms with E-state index in [1.54, 1.807) is 0 Å². The summed E-state index contributed by atoms with van der Waals surface area (Å²) in [5, 5.41) is 23.4. The molecule has 402 valence electrons. The van der Waals surface area contributed by atoms with Gasteiger partial charge in [-0.2, -0.15) is 0 Å². The number of hydrogen-bond donors (Lipinski definition) is 3. The molecule has 0 saturated carbocycles. The summed E-state index contributed by atoms with van der Waals surface area (Å²) in [6.45, 7) is 4.38. The average molecular weight is 955 g/mol. The lowest BCUT2D eigenvalue weighted by molar-refractivity contribution is -0.123. The van der Waals surface area contributed by atoms with Gasteiger partial charge in [0, 0.05) is 6.42 Å². The van der Waals surface area contributed by atoms with Crippen molar-refractivity contribution in [2.45, 2.75) is 360 Å². The number of rotatable bonds is 58. The molecule has 0 heterocycles. The Hall–Kier alpha value is -1.39. The van der Waals surface area contributed by atoms with Gasteiger partial charge in [0.1, 0.15) is 0 Å². The van der Waals surface area contributed by atoms with E-state index in [-0.39, 0.29) is 12.5 Å². The molecule has 0 spiro atoms. The van der Waals surface area contributed by atoms with Crippen LogP contribution in [0, 0.1) is 0 Å². The van der Waals surface area contributed by atoms with E-state index in [2.05, 4.69) is 55.6 Å². The van der Waals surface area contributed by atoms with Crippen molar-refractivity contribution in [3.8, 4) is 0 Å². The number of hydrogen-bond acceptors (Lipinski definition) is 3. The summed E-state index contributed by atoms with van der Waals surface area (Å²) >= 11 is 0. The Morgan fingerprint density at radius 3 is 0.897 bits per heavy atom. The van der Waals surface area contributed by atoms with Gasteiger partial charge in [-0.15, -0.1) is 0 Å². The van der Waals surface area contributed by atoms with Crippen LogP contribution in [-0.4, -0.2) is 34.9 Å². The van der Waals surface area contributed by atoms with Gasteiger partial charge in [-0.25, -0.2) is 0 Å². The highest BCUT2D eigenvalue weighted by atomic mass is 16.3. The molecular weight excluding hydrogens is 831 g/mol. The van der Waals surface area contributed by atoms with Crippen molar-refractivity contribution < 1.29 is 15.0 Å². The average Bonchev–Trinajstić information content (AvgIpc) is 3.34. The minimum Gasteiger partial charge on any atom is -0.394 e. The third-order valence-corrected chi connectivity index (χ3v) is 14.7. The van der Waals surface area contributed by atoms with Crippen molar-refractivity contribution in [1.29, 1.82) is 0 Å². The highest BCUT2D eigenvalue weighted by molar-refractivity contribution is 5.76. The summed E-state index contributed by atoms with van der Waals surface area (Å²) in [6, 6.07) is -0.537. The molecule has 0 saturated heterocycles. The zero-order valence-electron chi connectivity index (χ0n) is 46.4. The number of carbonyl (C=O) groups is 1. The van der Waals surface area contributed by atoms with E-state index < -0.39 is 12.1 Å². The van der Waals surface area contributed by atoms with Gasteiger partial charge in [0.05, 0.1) is 18.8 Å². The Bertz CT molecular complexity index is 1040. The van der Waals surface area contributed by atoms with E-state index in [0.29, 0.717) is 12.8 Å². The standard InChI is InChI=1S/C64H123NO3/c1-3-5-7-9-11-13-15-17-19-21-23-25-27-29-30-31-32-33-34-36-38-40-42-44-46-48-50-52-54-56-58-60-64(68)65-62(61-66)63(67)59-57-55-53-51-49-47-45-43-41-39-37-35-28-26-24-22-20-18-16-14-12-10-8-6-4-2/h15,17,21,23,27,29,62-63,66-67H,3-14,16,18-20,22,24-26,28,30-61H2,1-2H3,(H,65,68)/b17-15-,23-21-,29-27-. The van der Waals surface area contributed by atoms with Crippen LogP contribution in [0.2, 0.25) is 0 Å². The topological polar surface area (TPSA) is 69.6 Å². The molecule has 4 nitrogen and oxygen atoms in total. The monoisotopic (exact) mass is 954 g/mol. The van der Waals surface area contributed by atoms with Gasteiger partial charge in [-0.3, -0.25) is 4.79 Å². The summed E-state index contributed by atoms with van der Waals surface area (Å²) < 4.78 is 0. The molecule has 0 aliphatic rings. The predicted octanol–water partition coefficient (Wildman–Crippen LogP) is 20.8. The molecule has 0 aromatic rings. The SMILES string of the molecule is CCCCCCC/C=C\C/C=C\C/C=C\CCCCCCCCCCCCCCCCCCC(=O)NC(CO)C(O)CCCCCCCCCCCCCCCCCCCCCCCCCCC. The lowest BCUT2D eigenvalue weighted by Gasteiger charge is -2.22. The minimum absolute atomic E-state index is 0.0257. The zero-order valence-corrected chi connectivity index (χ0v) is 46.4. The molecule has 3 N–H and O–H groups in total. The van der Waals surface area contributed by atoms with Crippen molar-refractivity contribution in [2.75, 3.05) is 6.61 Å². The first-order chi connectivity index (χ1) is 33.7. The molecule has 0 aromatic carbocycles. The normalized spacial score (nSPS) is 12.9. The van der Waals surface area contributed by atoms with Gasteiger partial charge < -0.3 is 15.5 Å². The first-order valence-corrected chi connectivity index (χ1v) is 31.2. The molecule has 0 fully saturated rings. The fraction of sp³-hybridized carbons (Fsp3) is 0.891. The van der Waals surface area contributed by atoms with Crippen LogP contribution in [0.15, 0.2) is 36.5 Å². The van der Waals surface area contributed by atoms with Crippen LogP contribution in [0.3, 0.4) is 0 Å². The van der Waals surface area contributed by atoms with Crippen LogP contribution >= 0.6 is 0 Å². The maximum atomic E-state index is 12.5. The maximum absolute atomic E-state index is 12.5. The number of carbonyl (C=O) groups excluding carboxylic acids is 1. The molecular formula is C64H123NO3. The van der Waals surface area contributed by atoms with Gasteiger partial charge >= 0.3 is 0 Å². The lowest BCUT2D eigenvalue weighted by atomic mass is 10.0. The van der Waals surface area contributed by atoms with Crippen LogP contribution in [0.1, 0.15) is 348 Å². The van der Waals surface area contributed by atoms with E-state index in [0.717, 1.165) is 38.5 Å². The smallest absolute Gasteiger partial charge is 0.220 e. The molecule has 0 rings (SSSR count). The van der Waals surface area contributed by atoms with Crippen molar-refractivity contribution in [1.82, 2.24) is 5.32 Å². The summed E-state index contributed by atoms with van der Waals surface area (Å²) in [6.07, 6.45) is 81.6. The number of nitrogens with one attached hydrogen (secondary N) is 1. The van der Waals surface area contributed by atoms with E-state index in [1.165, 1.54) is 283 Å². The van der Waals surface area contributed by atoms with Crippen LogP contribution in [0.4, 0.5) is 0 Å². The Kier molecular flexibility index (Phi) is 58.7. The Morgan fingerprint density at radius 1 is 0.353 bits per heavy atom. The zero-order chi connectivity index (χ0) is 49.2. The number of aliphatic hydroxyl groups is 2. The Balaban J connectivity index is 3.43. The van der Waals surface area contributed by atoms with Crippen LogP contribution in [0.25, 0.3) is 0 Å². The Morgan fingerprint density at radius 2 is 0.603 bits per heavy atom. The van der Waals surface area contributed by atoms with Crippen molar-refractivity contribution in [2.24, 2.45) is 0 Å². The first-order valence-electron chi connectivity index (χ1n) is 31.2. The van der Waals surface area contributed by atoms with E-state index in [9.17, 15) is 15.0 Å². The molecule has 0 bridgehead atoms. The van der Waals surface area contributed by atoms with Crippen LogP contribution in [0.5, 0.6) is 0 Å². The Labute approximate surface area is 427 Å². The molecule has 2 unspecified atom stereocenters. The molecule has 0 aromatic heterocycles. The molecule has 0 aliphatic heterocycles. The second kappa shape index (κ2) is 59.9. The lowest BCUT2D eigenvalue weighted by Crippen LogP contribution is -2.45. The van der Waals surface area contributed by atoms with Crippen molar-refractivity contribution >= 4 is 5.91 Å². The van der Waals surface area contributed by atoms with Crippen LogP contribution in [-0.2, 0) is 4.79 Å².